The zero-order valence-electron chi connectivity index (χ0n) is 15.2. The van der Waals surface area contributed by atoms with E-state index in [2.05, 4.69) is 39.9 Å². The van der Waals surface area contributed by atoms with E-state index in [0.717, 1.165) is 47.0 Å². The molecule has 0 N–H and O–H groups in total. The third kappa shape index (κ3) is 2.20. The maximum absolute atomic E-state index is 12.9. The Balaban J connectivity index is 2.25. The lowest BCUT2D eigenvalue weighted by Gasteiger charge is -2.08. The largest absolute Gasteiger partial charge is 0.332 e. The van der Waals surface area contributed by atoms with Gasteiger partial charge in [0.15, 0.2) is 11.3 Å². The highest BCUT2D eigenvalue weighted by atomic mass is 16.2. The predicted octanol–water partition coefficient (Wildman–Crippen LogP) is 2.21. The van der Waals surface area contributed by atoms with Crippen LogP contribution in [-0.4, -0.2) is 23.9 Å². The fourth-order valence-electron chi connectivity index (χ4n) is 3.59. The Morgan fingerprint density at radius 1 is 1.00 bits per heavy atom. The number of hydrogen-bond donors (Lipinski definition) is 0. The number of hydrogen-bond acceptors (Lipinski definition) is 4. The topological polar surface area (TPSA) is 74.7 Å². The van der Waals surface area contributed by atoms with Gasteiger partial charge in [-0.1, -0.05) is 31.6 Å². The second-order valence-electron chi connectivity index (χ2n) is 6.65. The summed E-state index contributed by atoms with van der Waals surface area (Å²) in [5.74, 6) is 0. The molecule has 3 aromatic heterocycles. The Morgan fingerprint density at radius 3 is 2.50 bits per heavy atom. The van der Waals surface area contributed by atoms with E-state index in [1.54, 1.807) is 7.05 Å². The van der Waals surface area contributed by atoms with Gasteiger partial charge >= 0.3 is 5.69 Å². The highest BCUT2D eigenvalue weighted by molar-refractivity contribution is 6.08. The Hall–Kier alpha value is -2.96. The molecule has 1 aliphatic rings. The molecule has 3 aromatic rings. The first-order chi connectivity index (χ1) is 12.6. The molecule has 0 amide bonds. The number of aromatic nitrogens is 5. The van der Waals surface area contributed by atoms with Crippen molar-refractivity contribution in [3.8, 4) is 0 Å². The summed E-state index contributed by atoms with van der Waals surface area (Å²) in [6.45, 7) is 2.96. The average molecular weight is 351 g/mol. The van der Waals surface area contributed by atoms with Crippen LogP contribution in [0.25, 0.3) is 34.2 Å². The molecule has 0 unspecified atom stereocenters. The Kier molecular flexibility index (Phi) is 3.86. The molecule has 0 saturated heterocycles. The zero-order valence-corrected chi connectivity index (χ0v) is 15.2. The standard InChI is InChI=1S/C19H21N5O2/c1-4-5-11-24-13-10-8-6-7-9-12(13)14-15-16(20-21-17(14)24)22(2)19(26)23(3)18(15)25/h7-10H,4-6,11H2,1-3H3. The fraction of sp³-hybridized carbons (Fsp3) is 0.368. The van der Waals surface area contributed by atoms with E-state index in [-0.39, 0.29) is 5.56 Å². The third-order valence-electron chi connectivity index (χ3n) is 5.01. The Bertz CT molecular complexity index is 1210. The van der Waals surface area contributed by atoms with Crippen molar-refractivity contribution >= 4 is 34.2 Å². The van der Waals surface area contributed by atoms with E-state index < -0.39 is 5.69 Å². The molecule has 4 rings (SSSR count). The van der Waals surface area contributed by atoms with Crippen molar-refractivity contribution in [2.45, 2.75) is 32.7 Å². The van der Waals surface area contributed by atoms with Gasteiger partial charge in [0, 0.05) is 31.6 Å². The smallest absolute Gasteiger partial charge is 0.324 e. The average Bonchev–Trinajstić information content (AvgIpc) is 2.79. The quantitative estimate of drug-likeness (QED) is 0.725. The lowest BCUT2D eigenvalue weighted by Crippen LogP contribution is -2.37. The number of rotatable bonds is 3. The van der Waals surface area contributed by atoms with Crippen LogP contribution in [0.1, 0.15) is 37.4 Å². The van der Waals surface area contributed by atoms with Gasteiger partial charge < -0.3 is 4.57 Å². The van der Waals surface area contributed by atoms with Crippen LogP contribution >= 0.6 is 0 Å². The van der Waals surface area contributed by atoms with Gasteiger partial charge in [0.2, 0.25) is 0 Å². The molecular weight excluding hydrogens is 330 g/mol. The highest BCUT2D eigenvalue weighted by Crippen LogP contribution is 2.32. The van der Waals surface area contributed by atoms with Gasteiger partial charge in [0.25, 0.3) is 5.56 Å². The van der Waals surface area contributed by atoms with Crippen molar-refractivity contribution < 1.29 is 0 Å². The number of fused-ring (bicyclic) bond motifs is 5. The van der Waals surface area contributed by atoms with E-state index in [9.17, 15) is 9.59 Å². The minimum absolute atomic E-state index is 0.322. The molecule has 0 spiro atoms. The van der Waals surface area contributed by atoms with Crippen LogP contribution < -0.4 is 11.2 Å². The lowest BCUT2D eigenvalue weighted by molar-refractivity contribution is 0.639. The Morgan fingerprint density at radius 2 is 1.73 bits per heavy atom. The van der Waals surface area contributed by atoms with E-state index in [4.69, 9.17) is 0 Å². The van der Waals surface area contributed by atoms with Gasteiger partial charge in [-0.05, 0) is 18.9 Å². The van der Waals surface area contributed by atoms with Crippen molar-refractivity contribution in [3.63, 3.8) is 0 Å². The molecule has 7 heteroatoms. The van der Waals surface area contributed by atoms with Crippen molar-refractivity contribution in [2.75, 3.05) is 0 Å². The molecule has 1 aliphatic carbocycles. The summed E-state index contributed by atoms with van der Waals surface area (Å²) in [4.78, 5) is 25.2. The monoisotopic (exact) mass is 351 g/mol. The van der Waals surface area contributed by atoms with Gasteiger partial charge in [-0.2, -0.15) is 0 Å². The normalized spacial score (nSPS) is 13.5. The molecule has 7 nitrogen and oxygen atoms in total. The minimum atomic E-state index is -0.400. The molecule has 0 aliphatic heterocycles. The molecule has 134 valence electrons. The molecule has 0 fully saturated rings. The molecule has 3 heterocycles. The van der Waals surface area contributed by atoms with Gasteiger partial charge in [-0.15, -0.1) is 10.2 Å². The van der Waals surface area contributed by atoms with Crippen LogP contribution in [0.2, 0.25) is 0 Å². The third-order valence-corrected chi connectivity index (χ3v) is 5.01. The maximum atomic E-state index is 12.9. The Labute approximate surface area is 149 Å². The van der Waals surface area contributed by atoms with Crippen LogP contribution in [0.3, 0.4) is 0 Å². The van der Waals surface area contributed by atoms with Crippen molar-refractivity contribution in [1.29, 1.82) is 0 Å². The zero-order chi connectivity index (χ0) is 18.4. The summed E-state index contributed by atoms with van der Waals surface area (Å²) in [6, 6.07) is 0. The molecule has 0 atom stereocenters. The second-order valence-corrected chi connectivity index (χ2v) is 6.65. The van der Waals surface area contributed by atoms with Crippen LogP contribution in [0.5, 0.6) is 0 Å². The van der Waals surface area contributed by atoms with Crippen molar-refractivity contribution in [2.24, 2.45) is 14.1 Å². The van der Waals surface area contributed by atoms with Crippen LogP contribution in [-0.2, 0) is 20.6 Å². The summed E-state index contributed by atoms with van der Waals surface area (Å²) in [7, 11) is 3.12. The van der Waals surface area contributed by atoms with E-state index in [0.29, 0.717) is 16.7 Å². The number of nitrogens with zero attached hydrogens (tertiary/aromatic N) is 5. The molecule has 0 radical (unpaired) electrons. The highest BCUT2D eigenvalue weighted by Gasteiger charge is 2.22. The van der Waals surface area contributed by atoms with Gasteiger partial charge in [0.05, 0.1) is 11.1 Å². The van der Waals surface area contributed by atoms with Gasteiger partial charge in [-0.3, -0.25) is 13.9 Å². The van der Waals surface area contributed by atoms with Crippen LogP contribution in [0, 0.1) is 0 Å². The first-order valence-electron chi connectivity index (χ1n) is 8.88. The lowest BCUT2D eigenvalue weighted by atomic mass is 10.1. The molecule has 0 aromatic carbocycles. The summed E-state index contributed by atoms with van der Waals surface area (Å²) in [6.07, 6.45) is 11.2. The number of allylic oxidation sites excluding steroid dienone is 2. The summed E-state index contributed by atoms with van der Waals surface area (Å²) in [5.41, 5.74) is 2.30. The van der Waals surface area contributed by atoms with E-state index in [1.165, 1.54) is 11.6 Å². The first-order valence-corrected chi connectivity index (χ1v) is 8.88. The van der Waals surface area contributed by atoms with E-state index >= 15 is 0 Å². The molecule has 26 heavy (non-hydrogen) atoms. The SMILES string of the molecule is CCCCn1c2c(c3c4c(=O)n(C)c(=O)n(C)c4nnc31)C=CCC=C2. The summed E-state index contributed by atoms with van der Waals surface area (Å²) < 4.78 is 4.65. The van der Waals surface area contributed by atoms with Gasteiger partial charge in [0.1, 0.15) is 0 Å². The summed E-state index contributed by atoms with van der Waals surface area (Å²) >= 11 is 0. The van der Waals surface area contributed by atoms with Crippen molar-refractivity contribution in [1.82, 2.24) is 23.9 Å². The molecule has 0 saturated carbocycles. The van der Waals surface area contributed by atoms with Crippen LogP contribution in [0.15, 0.2) is 21.7 Å². The minimum Gasteiger partial charge on any atom is -0.324 e. The molecule has 0 bridgehead atoms. The van der Waals surface area contributed by atoms with Crippen molar-refractivity contribution in [3.05, 3.63) is 44.2 Å². The van der Waals surface area contributed by atoms with Gasteiger partial charge in [-0.25, -0.2) is 4.79 Å². The number of aryl methyl sites for hydroxylation is 2. The van der Waals surface area contributed by atoms with Crippen LogP contribution in [0.4, 0.5) is 0 Å². The maximum Gasteiger partial charge on any atom is 0.332 e. The second kappa shape index (κ2) is 6.09. The predicted molar refractivity (Wildman–Crippen MR) is 103 cm³/mol. The summed E-state index contributed by atoms with van der Waals surface area (Å²) in [5, 5.41) is 9.87. The first kappa shape index (κ1) is 16.5. The fourth-order valence-corrected chi connectivity index (χ4v) is 3.59. The number of unbranched alkanes of at least 4 members (excludes halogenated alkanes) is 1. The molecular formula is C19H21N5O2. The van der Waals surface area contributed by atoms with E-state index in [1.807, 2.05) is 6.08 Å².